The lowest BCUT2D eigenvalue weighted by Crippen LogP contribution is -2.53. The average molecular weight is 398 g/mol. The molecule has 0 saturated heterocycles. The minimum absolute atomic E-state index is 0.00496. The highest BCUT2D eigenvalue weighted by atomic mass is 16.5. The first kappa shape index (κ1) is 20.3. The third kappa shape index (κ3) is 3.06. The number of carbonyl (C=O) groups excluding carboxylic acids is 2. The molecule has 0 unspecified atom stereocenters. The van der Waals surface area contributed by atoms with Crippen LogP contribution in [0.2, 0.25) is 0 Å². The molecule has 3 aliphatic rings. The molecule has 0 bridgehead atoms. The maximum atomic E-state index is 12.3. The van der Waals surface area contributed by atoms with E-state index in [1.807, 2.05) is 43.3 Å². The topological polar surface area (TPSA) is 72.8 Å². The molecule has 4 rings (SSSR count). The molecule has 1 aromatic carbocycles. The smallest absolute Gasteiger partial charge is 0.302 e. The van der Waals surface area contributed by atoms with Gasteiger partial charge in [-0.3, -0.25) is 9.59 Å². The van der Waals surface area contributed by atoms with Crippen LogP contribution >= 0.6 is 0 Å². The zero-order valence-electron chi connectivity index (χ0n) is 17.6. The van der Waals surface area contributed by atoms with Crippen LogP contribution in [-0.4, -0.2) is 34.7 Å². The van der Waals surface area contributed by atoms with E-state index in [0.717, 1.165) is 5.56 Å². The highest BCUT2D eigenvalue weighted by Gasteiger charge is 2.75. The number of hydrogen-bond acceptors (Lipinski definition) is 5. The van der Waals surface area contributed by atoms with Gasteiger partial charge in [-0.25, -0.2) is 0 Å². The third-order valence-electron chi connectivity index (χ3n) is 7.34. The monoisotopic (exact) mass is 398 g/mol. The van der Waals surface area contributed by atoms with E-state index in [2.05, 4.69) is 13.8 Å². The Kier molecular flexibility index (Phi) is 4.74. The SMILES string of the molecule is CC(=O)O[C@H]1[C@H]2CC(C)(C)[C@H](OCc3ccccc3)[C@@]2(O)[C@H]2CC(=O)C=C[C@@]12C. The summed E-state index contributed by atoms with van der Waals surface area (Å²) in [5.41, 5.74) is -1.12. The molecule has 29 heavy (non-hydrogen) atoms. The van der Waals surface area contributed by atoms with E-state index < -0.39 is 23.2 Å². The summed E-state index contributed by atoms with van der Waals surface area (Å²) in [5.74, 6) is -1.01. The van der Waals surface area contributed by atoms with Crippen molar-refractivity contribution in [1.82, 2.24) is 0 Å². The standard InChI is InChI=1S/C24H30O5/c1-15(25)29-20-18-13-22(2,3)21(28-14-16-8-6-5-7-9-16)24(18,27)19-12-17(26)10-11-23(19,20)4/h5-11,18-21,27H,12-14H2,1-4H3/t18-,19+,20+,21+,23-,24+/m1/s1. The number of rotatable bonds is 4. The summed E-state index contributed by atoms with van der Waals surface area (Å²) in [7, 11) is 0. The van der Waals surface area contributed by atoms with E-state index in [0.29, 0.717) is 13.0 Å². The fraction of sp³-hybridized carbons (Fsp3) is 0.583. The van der Waals surface area contributed by atoms with Crippen molar-refractivity contribution in [2.24, 2.45) is 22.7 Å². The molecule has 0 aromatic heterocycles. The van der Waals surface area contributed by atoms with Crippen molar-refractivity contribution >= 4 is 11.8 Å². The minimum atomic E-state index is -1.24. The molecule has 5 heteroatoms. The lowest BCUT2D eigenvalue weighted by Gasteiger charge is -2.44. The molecule has 6 atom stereocenters. The molecule has 0 amide bonds. The van der Waals surface area contributed by atoms with Crippen molar-refractivity contribution in [2.75, 3.05) is 0 Å². The Morgan fingerprint density at radius 3 is 2.55 bits per heavy atom. The second-order valence-corrected chi connectivity index (χ2v) is 9.82. The predicted octanol–water partition coefficient (Wildman–Crippen LogP) is 3.45. The molecular weight excluding hydrogens is 368 g/mol. The fourth-order valence-corrected chi connectivity index (χ4v) is 6.22. The van der Waals surface area contributed by atoms with Gasteiger partial charge in [0.05, 0.1) is 12.7 Å². The van der Waals surface area contributed by atoms with E-state index >= 15 is 0 Å². The van der Waals surface area contributed by atoms with Crippen LogP contribution < -0.4 is 0 Å². The van der Waals surface area contributed by atoms with Gasteiger partial charge in [-0.05, 0) is 23.5 Å². The maximum Gasteiger partial charge on any atom is 0.302 e. The lowest BCUT2D eigenvalue weighted by molar-refractivity contribution is -0.166. The molecule has 0 heterocycles. The molecule has 2 saturated carbocycles. The lowest BCUT2D eigenvalue weighted by atomic mass is 9.66. The van der Waals surface area contributed by atoms with Crippen LogP contribution in [0.15, 0.2) is 42.5 Å². The summed E-state index contributed by atoms with van der Waals surface area (Å²) < 4.78 is 12.2. The Morgan fingerprint density at radius 2 is 1.90 bits per heavy atom. The van der Waals surface area contributed by atoms with Crippen LogP contribution in [0.5, 0.6) is 0 Å². The zero-order chi connectivity index (χ0) is 21.0. The van der Waals surface area contributed by atoms with Crippen LogP contribution in [0.1, 0.15) is 46.1 Å². The number of fused-ring (bicyclic) bond motifs is 3. The van der Waals surface area contributed by atoms with Gasteiger partial charge < -0.3 is 14.6 Å². The largest absolute Gasteiger partial charge is 0.461 e. The number of hydrogen-bond donors (Lipinski definition) is 1. The highest BCUT2D eigenvalue weighted by molar-refractivity contribution is 5.91. The predicted molar refractivity (Wildman–Crippen MR) is 108 cm³/mol. The van der Waals surface area contributed by atoms with Gasteiger partial charge >= 0.3 is 5.97 Å². The molecule has 0 radical (unpaired) electrons. The number of carbonyl (C=O) groups is 2. The van der Waals surface area contributed by atoms with Crippen molar-refractivity contribution in [3.63, 3.8) is 0 Å². The molecule has 156 valence electrons. The molecule has 1 N–H and O–H groups in total. The number of allylic oxidation sites excluding steroid dienone is 1. The summed E-state index contributed by atoms with van der Waals surface area (Å²) in [6.45, 7) is 7.95. The number of ketones is 1. The third-order valence-corrected chi connectivity index (χ3v) is 7.34. The van der Waals surface area contributed by atoms with Crippen molar-refractivity contribution in [1.29, 1.82) is 0 Å². The molecule has 3 aliphatic carbocycles. The zero-order valence-corrected chi connectivity index (χ0v) is 17.6. The molecule has 2 fully saturated rings. The first-order valence-corrected chi connectivity index (χ1v) is 10.4. The van der Waals surface area contributed by atoms with Gasteiger partial charge in [0.1, 0.15) is 11.7 Å². The van der Waals surface area contributed by atoms with E-state index in [-0.39, 0.29) is 35.4 Å². The highest BCUT2D eigenvalue weighted by Crippen LogP contribution is 2.67. The van der Waals surface area contributed by atoms with Gasteiger partial charge in [0.15, 0.2) is 5.78 Å². The quantitative estimate of drug-likeness (QED) is 0.787. The number of ether oxygens (including phenoxy) is 2. The molecule has 0 spiro atoms. The van der Waals surface area contributed by atoms with E-state index in [1.54, 1.807) is 6.08 Å². The van der Waals surface area contributed by atoms with Crippen LogP contribution in [0.3, 0.4) is 0 Å². The van der Waals surface area contributed by atoms with Gasteiger partial charge in [-0.2, -0.15) is 0 Å². The Labute approximate surface area is 172 Å². The second-order valence-electron chi connectivity index (χ2n) is 9.82. The Balaban J connectivity index is 1.73. The van der Waals surface area contributed by atoms with Crippen LogP contribution in [-0.2, 0) is 25.7 Å². The summed E-state index contributed by atoms with van der Waals surface area (Å²) >= 11 is 0. The average Bonchev–Trinajstić information content (AvgIpc) is 2.96. The number of esters is 1. The molecule has 5 nitrogen and oxygen atoms in total. The van der Waals surface area contributed by atoms with E-state index in [1.165, 1.54) is 6.92 Å². The Bertz CT molecular complexity index is 844. The first-order valence-electron chi connectivity index (χ1n) is 10.4. The maximum absolute atomic E-state index is 12.3. The van der Waals surface area contributed by atoms with Crippen molar-refractivity contribution in [3.8, 4) is 0 Å². The van der Waals surface area contributed by atoms with Crippen LogP contribution in [0.4, 0.5) is 0 Å². The van der Waals surface area contributed by atoms with Crippen molar-refractivity contribution < 1.29 is 24.2 Å². The summed E-state index contributed by atoms with van der Waals surface area (Å²) in [6, 6.07) is 9.88. The normalized spacial score (nSPS) is 39.8. The molecular formula is C24H30O5. The number of benzene rings is 1. The van der Waals surface area contributed by atoms with Gasteiger partial charge in [-0.15, -0.1) is 0 Å². The first-order chi connectivity index (χ1) is 13.6. The summed E-state index contributed by atoms with van der Waals surface area (Å²) in [4.78, 5) is 24.2. The summed E-state index contributed by atoms with van der Waals surface area (Å²) in [6.07, 6.45) is 3.36. The minimum Gasteiger partial charge on any atom is -0.461 e. The van der Waals surface area contributed by atoms with Gasteiger partial charge in [-0.1, -0.05) is 57.2 Å². The van der Waals surface area contributed by atoms with Crippen molar-refractivity contribution in [3.05, 3.63) is 48.0 Å². The van der Waals surface area contributed by atoms with Gasteiger partial charge in [0.25, 0.3) is 0 Å². The van der Waals surface area contributed by atoms with Gasteiger partial charge in [0.2, 0.25) is 0 Å². The van der Waals surface area contributed by atoms with E-state index in [4.69, 9.17) is 9.47 Å². The summed E-state index contributed by atoms with van der Waals surface area (Å²) in [5, 5.41) is 12.2. The van der Waals surface area contributed by atoms with Crippen LogP contribution in [0.25, 0.3) is 0 Å². The molecule has 0 aliphatic heterocycles. The fourth-order valence-electron chi connectivity index (χ4n) is 6.22. The second kappa shape index (κ2) is 6.78. The Hall–Kier alpha value is -1.98. The van der Waals surface area contributed by atoms with Crippen molar-refractivity contribution in [2.45, 2.75) is 65.0 Å². The van der Waals surface area contributed by atoms with Crippen LogP contribution in [0, 0.1) is 22.7 Å². The molecule has 1 aromatic rings. The number of aliphatic hydroxyl groups is 1. The van der Waals surface area contributed by atoms with E-state index in [9.17, 15) is 14.7 Å². The van der Waals surface area contributed by atoms with Gasteiger partial charge in [0, 0.05) is 30.6 Å². The Morgan fingerprint density at radius 1 is 1.21 bits per heavy atom.